The van der Waals surface area contributed by atoms with Crippen LogP contribution in [0, 0.1) is 0 Å². The van der Waals surface area contributed by atoms with Gasteiger partial charge in [0.05, 0.1) is 5.52 Å². The van der Waals surface area contributed by atoms with E-state index in [2.05, 4.69) is 5.32 Å². The lowest BCUT2D eigenvalue weighted by atomic mass is 10.1. The van der Waals surface area contributed by atoms with Crippen molar-refractivity contribution in [2.75, 3.05) is 32.1 Å². The Labute approximate surface area is 156 Å². The number of carbonyl (C=O) groups excluding carboxylic acids is 1. The number of fused-ring (bicyclic) bond motifs is 1. The number of carbonyl (C=O) groups is 2. The van der Waals surface area contributed by atoms with Gasteiger partial charge in [0.25, 0.3) is 0 Å². The first-order chi connectivity index (χ1) is 12.6. The van der Waals surface area contributed by atoms with Crippen LogP contribution in [0.2, 0.25) is 0 Å². The van der Waals surface area contributed by atoms with Crippen LogP contribution in [-0.2, 0) is 6.42 Å². The number of amides is 1. The summed E-state index contributed by atoms with van der Waals surface area (Å²) in [6, 6.07) is 4.92. The maximum Gasteiger partial charge on any atom is 0.511 e. The minimum absolute atomic E-state index is 0.0630. The molecule has 2 N–H and O–H groups in total. The minimum Gasteiger partial charge on any atom is -0.449 e. The SMILES string of the molecule is O=C(O)Oc1ccc2c(c1)c(CCCCCl)cn2C(=O)N1CCNCC1. The zero-order chi connectivity index (χ0) is 18.5. The standard InChI is InChI=1S/C18H22ClN3O4/c19-6-2-1-3-13-12-22(17(23)21-9-7-20-8-10-21)16-5-4-14(11-15(13)16)26-18(24)25/h4-5,11-12,20H,1-3,6-10H2,(H,24,25). The van der Waals surface area contributed by atoms with Crippen LogP contribution in [-0.4, -0.2) is 58.8 Å². The molecule has 1 aliphatic rings. The first-order valence-electron chi connectivity index (χ1n) is 8.71. The number of piperazine rings is 1. The van der Waals surface area contributed by atoms with Gasteiger partial charge in [-0.3, -0.25) is 4.57 Å². The van der Waals surface area contributed by atoms with Crippen molar-refractivity contribution in [3.8, 4) is 5.75 Å². The molecular formula is C18H22ClN3O4. The third kappa shape index (κ3) is 4.11. The highest BCUT2D eigenvalue weighted by Crippen LogP contribution is 2.28. The predicted molar refractivity (Wildman–Crippen MR) is 99.5 cm³/mol. The first kappa shape index (κ1) is 18.5. The maximum atomic E-state index is 12.9. The molecule has 3 rings (SSSR count). The number of nitrogens with zero attached hydrogens (tertiary/aromatic N) is 2. The number of alkyl halides is 1. The summed E-state index contributed by atoms with van der Waals surface area (Å²) in [7, 11) is 0. The molecule has 1 aromatic carbocycles. The second-order valence-electron chi connectivity index (χ2n) is 6.24. The van der Waals surface area contributed by atoms with Gasteiger partial charge in [-0.15, -0.1) is 11.6 Å². The van der Waals surface area contributed by atoms with Crippen LogP contribution >= 0.6 is 11.6 Å². The third-order valence-corrected chi connectivity index (χ3v) is 4.75. The van der Waals surface area contributed by atoms with Crippen molar-refractivity contribution in [3.63, 3.8) is 0 Å². The largest absolute Gasteiger partial charge is 0.511 e. The Morgan fingerprint density at radius 3 is 2.69 bits per heavy atom. The van der Waals surface area contributed by atoms with E-state index in [-0.39, 0.29) is 11.8 Å². The average molecular weight is 380 g/mol. The Hall–Kier alpha value is -2.25. The maximum absolute atomic E-state index is 12.9. The molecule has 1 fully saturated rings. The van der Waals surface area contributed by atoms with Gasteiger partial charge >= 0.3 is 12.2 Å². The van der Waals surface area contributed by atoms with Crippen LogP contribution in [0.25, 0.3) is 10.9 Å². The molecule has 0 spiro atoms. The molecular weight excluding hydrogens is 358 g/mol. The van der Waals surface area contributed by atoms with Gasteiger partial charge in [-0.2, -0.15) is 0 Å². The van der Waals surface area contributed by atoms with Crippen molar-refractivity contribution in [2.24, 2.45) is 0 Å². The van der Waals surface area contributed by atoms with Crippen molar-refractivity contribution in [1.29, 1.82) is 0 Å². The number of unbranched alkanes of at least 4 members (excludes halogenated alkanes) is 1. The van der Waals surface area contributed by atoms with E-state index in [4.69, 9.17) is 21.4 Å². The zero-order valence-corrected chi connectivity index (χ0v) is 15.2. The number of aromatic nitrogens is 1. The fraction of sp³-hybridized carbons (Fsp3) is 0.444. The van der Waals surface area contributed by atoms with Gasteiger partial charge in [0.15, 0.2) is 0 Å². The molecule has 1 aromatic heterocycles. The highest BCUT2D eigenvalue weighted by molar-refractivity contribution is 6.17. The molecule has 0 aliphatic carbocycles. The minimum atomic E-state index is -1.36. The van der Waals surface area contributed by atoms with Gasteiger partial charge in [0, 0.05) is 43.6 Å². The predicted octanol–water partition coefficient (Wildman–Crippen LogP) is 3.13. The number of aryl methyl sites for hydroxylation is 1. The molecule has 7 nitrogen and oxygen atoms in total. The third-order valence-electron chi connectivity index (χ3n) is 4.49. The number of rotatable bonds is 5. The molecule has 1 amide bonds. The van der Waals surface area contributed by atoms with Gasteiger partial charge < -0.3 is 20.1 Å². The van der Waals surface area contributed by atoms with Crippen molar-refractivity contribution < 1.29 is 19.4 Å². The molecule has 140 valence electrons. The smallest absolute Gasteiger partial charge is 0.449 e. The molecule has 0 atom stereocenters. The molecule has 0 radical (unpaired) electrons. The van der Waals surface area contributed by atoms with Crippen LogP contribution < -0.4 is 10.1 Å². The Morgan fingerprint density at radius 1 is 1.23 bits per heavy atom. The van der Waals surface area contributed by atoms with E-state index in [1.165, 1.54) is 0 Å². The fourth-order valence-electron chi connectivity index (χ4n) is 3.22. The molecule has 2 heterocycles. The Morgan fingerprint density at radius 2 is 2.00 bits per heavy atom. The monoisotopic (exact) mass is 379 g/mol. The van der Waals surface area contributed by atoms with Gasteiger partial charge in [-0.25, -0.2) is 9.59 Å². The molecule has 8 heteroatoms. The van der Waals surface area contributed by atoms with E-state index in [0.29, 0.717) is 19.0 Å². The number of hydrogen-bond acceptors (Lipinski definition) is 4. The first-order valence-corrected chi connectivity index (χ1v) is 9.24. The number of carboxylic acid groups (broad SMARTS) is 1. The quantitative estimate of drug-likeness (QED) is 0.361. The number of nitrogens with one attached hydrogen (secondary N) is 1. The summed E-state index contributed by atoms with van der Waals surface area (Å²) in [5.41, 5.74) is 1.75. The Bertz CT molecular complexity index is 799. The van der Waals surface area contributed by atoms with Crippen molar-refractivity contribution in [1.82, 2.24) is 14.8 Å². The molecule has 0 saturated carbocycles. The highest BCUT2D eigenvalue weighted by Gasteiger charge is 2.21. The summed E-state index contributed by atoms with van der Waals surface area (Å²) in [4.78, 5) is 25.6. The summed E-state index contributed by atoms with van der Waals surface area (Å²) in [5.74, 6) is 0.835. The second-order valence-corrected chi connectivity index (χ2v) is 6.61. The van der Waals surface area contributed by atoms with E-state index < -0.39 is 6.16 Å². The molecule has 2 aromatic rings. The van der Waals surface area contributed by atoms with Crippen molar-refractivity contribution >= 4 is 34.7 Å². The van der Waals surface area contributed by atoms with E-state index in [9.17, 15) is 9.59 Å². The van der Waals surface area contributed by atoms with Gasteiger partial charge in [0.1, 0.15) is 5.75 Å². The van der Waals surface area contributed by atoms with Gasteiger partial charge in [0.2, 0.25) is 0 Å². The molecule has 0 bridgehead atoms. The summed E-state index contributed by atoms with van der Waals surface area (Å²) in [6.07, 6.45) is 3.04. The van der Waals surface area contributed by atoms with Crippen LogP contribution in [0.5, 0.6) is 5.75 Å². The lowest BCUT2D eigenvalue weighted by molar-refractivity contribution is 0.144. The molecule has 0 unspecified atom stereocenters. The van der Waals surface area contributed by atoms with Gasteiger partial charge in [-0.05, 0) is 43.0 Å². The second kappa shape index (κ2) is 8.42. The van der Waals surface area contributed by atoms with E-state index in [1.807, 2.05) is 11.1 Å². The summed E-state index contributed by atoms with van der Waals surface area (Å²) < 4.78 is 6.43. The normalized spacial score (nSPS) is 14.6. The number of hydrogen-bond donors (Lipinski definition) is 2. The Balaban J connectivity index is 1.96. The lowest BCUT2D eigenvalue weighted by Crippen LogP contribution is -2.47. The molecule has 26 heavy (non-hydrogen) atoms. The number of benzene rings is 1. The number of ether oxygens (including phenoxy) is 1. The zero-order valence-electron chi connectivity index (χ0n) is 14.4. The highest BCUT2D eigenvalue weighted by atomic mass is 35.5. The summed E-state index contributed by atoms with van der Waals surface area (Å²) in [5, 5.41) is 12.9. The van der Waals surface area contributed by atoms with E-state index in [1.54, 1.807) is 22.8 Å². The fourth-order valence-corrected chi connectivity index (χ4v) is 3.41. The van der Waals surface area contributed by atoms with Crippen LogP contribution in [0.4, 0.5) is 9.59 Å². The average Bonchev–Trinajstić information content (AvgIpc) is 3.00. The van der Waals surface area contributed by atoms with Crippen molar-refractivity contribution in [2.45, 2.75) is 19.3 Å². The van der Waals surface area contributed by atoms with Crippen LogP contribution in [0.15, 0.2) is 24.4 Å². The van der Waals surface area contributed by atoms with E-state index in [0.717, 1.165) is 48.8 Å². The van der Waals surface area contributed by atoms with E-state index >= 15 is 0 Å². The molecule has 1 aliphatic heterocycles. The van der Waals surface area contributed by atoms with Crippen LogP contribution in [0.1, 0.15) is 18.4 Å². The summed E-state index contributed by atoms with van der Waals surface area (Å²) >= 11 is 5.77. The number of halogens is 1. The Kier molecular flexibility index (Phi) is 6.00. The van der Waals surface area contributed by atoms with Crippen molar-refractivity contribution in [3.05, 3.63) is 30.0 Å². The van der Waals surface area contributed by atoms with Crippen LogP contribution in [0.3, 0.4) is 0 Å². The lowest BCUT2D eigenvalue weighted by Gasteiger charge is -2.27. The molecule has 1 saturated heterocycles. The topological polar surface area (TPSA) is 83.8 Å². The summed E-state index contributed by atoms with van der Waals surface area (Å²) in [6.45, 7) is 2.90. The van der Waals surface area contributed by atoms with Gasteiger partial charge in [-0.1, -0.05) is 0 Å².